The van der Waals surface area contributed by atoms with E-state index in [0.717, 1.165) is 24.6 Å². The minimum Gasteiger partial charge on any atom is -0.431 e. The third kappa shape index (κ3) is 3.43. The van der Waals surface area contributed by atoms with Gasteiger partial charge in [0.1, 0.15) is 17.3 Å². The van der Waals surface area contributed by atoms with Crippen molar-refractivity contribution in [3.63, 3.8) is 0 Å². The maximum atomic E-state index is 13.3. The zero-order valence-electron chi connectivity index (χ0n) is 11.0. The van der Waals surface area contributed by atoms with E-state index in [1.165, 1.54) is 6.33 Å². The summed E-state index contributed by atoms with van der Waals surface area (Å²) >= 11 is 5.97. The van der Waals surface area contributed by atoms with Gasteiger partial charge in [-0.1, -0.05) is 24.9 Å². The molecule has 0 amide bonds. The molecule has 2 rings (SSSR count). The van der Waals surface area contributed by atoms with Crippen LogP contribution in [0.1, 0.15) is 18.9 Å². The lowest BCUT2D eigenvalue weighted by Crippen LogP contribution is -2.00. The van der Waals surface area contributed by atoms with Gasteiger partial charge in [-0.15, -0.1) is 0 Å². The van der Waals surface area contributed by atoms with Crippen molar-refractivity contribution in [2.24, 2.45) is 0 Å². The van der Waals surface area contributed by atoms with Crippen molar-refractivity contribution in [1.29, 1.82) is 0 Å². The number of aromatic nitrogens is 2. The summed E-state index contributed by atoms with van der Waals surface area (Å²) in [4.78, 5) is 18.1. The molecule has 1 aromatic heterocycles. The zero-order valence-corrected chi connectivity index (χ0v) is 11.8. The maximum absolute atomic E-state index is 13.3. The number of hydrogen-bond acceptors (Lipinski definition) is 5. The van der Waals surface area contributed by atoms with E-state index in [0.29, 0.717) is 12.0 Å². The van der Waals surface area contributed by atoms with E-state index in [4.69, 9.17) is 16.3 Å². The van der Waals surface area contributed by atoms with Gasteiger partial charge in [-0.2, -0.15) is 0 Å². The molecule has 2 aromatic rings. The van der Waals surface area contributed by atoms with Crippen LogP contribution < -0.4 is 4.74 Å². The first-order valence-electron chi connectivity index (χ1n) is 6.14. The highest BCUT2D eigenvalue weighted by atomic mass is 35.5. The molecule has 21 heavy (non-hydrogen) atoms. The van der Waals surface area contributed by atoms with Crippen LogP contribution in [-0.4, -0.2) is 14.9 Å². The summed E-state index contributed by atoms with van der Waals surface area (Å²) in [6.07, 6.45) is 2.48. The van der Waals surface area contributed by atoms with Gasteiger partial charge in [0, 0.05) is 12.1 Å². The van der Waals surface area contributed by atoms with Crippen LogP contribution in [0.3, 0.4) is 0 Å². The molecule has 0 aliphatic carbocycles. The number of nitro benzene ring substituents is 1. The molecule has 6 nitrogen and oxygen atoms in total. The third-order valence-electron chi connectivity index (χ3n) is 2.68. The Labute approximate surface area is 124 Å². The first-order valence-corrected chi connectivity index (χ1v) is 6.52. The molecule has 1 aromatic carbocycles. The average molecular weight is 312 g/mol. The molecule has 0 saturated heterocycles. The van der Waals surface area contributed by atoms with Crippen LogP contribution in [0.5, 0.6) is 11.6 Å². The number of rotatable bonds is 5. The summed E-state index contributed by atoms with van der Waals surface area (Å²) in [5, 5.41) is 11.2. The number of halogens is 2. The molecule has 0 aliphatic rings. The average Bonchev–Trinajstić information content (AvgIpc) is 2.42. The lowest BCUT2D eigenvalue weighted by atomic mass is 10.2. The molecule has 0 aliphatic heterocycles. The molecule has 0 spiro atoms. The van der Waals surface area contributed by atoms with Gasteiger partial charge in [-0.3, -0.25) is 10.1 Å². The molecule has 0 N–H and O–H groups in total. The van der Waals surface area contributed by atoms with Gasteiger partial charge in [0.2, 0.25) is 11.6 Å². The van der Waals surface area contributed by atoms with Crippen LogP contribution in [0.4, 0.5) is 10.1 Å². The molecule has 8 heteroatoms. The zero-order chi connectivity index (χ0) is 15.4. The first kappa shape index (κ1) is 15.1. The van der Waals surface area contributed by atoms with E-state index in [9.17, 15) is 14.5 Å². The minimum absolute atomic E-state index is 0.0885. The van der Waals surface area contributed by atoms with Crippen LogP contribution in [0.15, 0.2) is 24.5 Å². The van der Waals surface area contributed by atoms with Gasteiger partial charge in [0.15, 0.2) is 0 Å². The second-order valence-electron chi connectivity index (χ2n) is 4.17. The summed E-state index contributed by atoms with van der Waals surface area (Å²) in [6, 6.07) is 2.96. The number of nitrogens with zero attached hydrogens (tertiary/aromatic N) is 3. The highest BCUT2D eigenvalue weighted by Crippen LogP contribution is 2.34. The second kappa shape index (κ2) is 6.45. The summed E-state index contributed by atoms with van der Waals surface area (Å²) in [5.41, 5.74) is 0.175. The Morgan fingerprint density at radius 3 is 2.86 bits per heavy atom. The fourth-order valence-electron chi connectivity index (χ4n) is 1.75. The standard InChI is InChI=1S/C13H11ClFN3O3/c1-2-3-9-12(14)16-7-17-13(9)21-11-6-8(15)4-5-10(11)18(19)20/h4-7H,2-3H2,1H3. The molecule has 0 atom stereocenters. The quantitative estimate of drug-likeness (QED) is 0.475. The van der Waals surface area contributed by atoms with E-state index < -0.39 is 10.7 Å². The van der Waals surface area contributed by atoms with Crippen molar-refractivity contribution in [3.05, 3.63) is 51.2 Å². The predicted octanol–water partition coefficient (Wildman–Crippen LogP) is 3.92. The molecule has 0 bridgehead atoms. The Hall–Kier alpha value is -2.28. The molecule has 0 fully saturated rings. The summed E-state index contributed by atoms with van der Waals surface area (Å²) in [6.45, 7) is 1.93. The van der Waals surface area contributed by atoms with Crippen LogP contribution in [0.25, 0.3) is 0 Å². The van der Waals surface area contributed by atoms with Crippen molar-refractivity contribution >= 4 is 17.3 Å². The highest BCUT2D eigenvalue weighted by molar-refractivity contribution is 6.30. The molecule has 0 unspecified atom stereocenters. The smallest absolute Gasteiger partial charge is 0.311 e. The molecule has 0 radical (unpaired) electrons. The molecular weight excluding hydrogens is 301 g/mol. The fraction of sp³-hybridized carbons (Fsp3) is 0.231. The van der Waals surface area contributed by atoms with Gasteiger partial charge >= 0.3 is 5.69 Å². The summed E-state index contributed by atoms with van der Waals surface area (Å²) in [7, 11) is 0. The van der Waals surface area contributed by atoms with Crippen molar-refractivity contribution in [3.8, 4) is 11.6 Å². The van der Waals surface area contributed by atoms with Crippen LogP contribution >= 0.6 is 11.6 Å². The van der Waals surface area contributed by atoms with E-state index in [-0.39, 0.29) is 22.5 Å². The van der Waals surface area contributed by atoms with E-state index in [2.05, 4.69) is 9.97 Å². The Morgan fingerprint density at radius 1 is 1.43 bits per heavy atom. The lowest BCUT2D eigenvalue weighted by molar-refractivity contribution is -0.385. The van der Waals surface area contributed by atoms with Crippen molar-refractivity contribution in [2.75, 3.05) is 0 Å². The molecular formula is C13H11ClFN3O3. The largest absolute Gasteiger partial charge is 0.431 e. The predicted molar refractivity (Wildman–Crippen MR) is 74.2 cm³/mol. The van der Waals surface area contributed by atoms with Crippen LogP contribution in [-0.2, 0) is 6.42 Å². The van der Waals surface area contributed by atoms with Crippen molar-refractivity contribution in [2.45, 2.75) is 19.8 Å². The summed E-state index contributed by atoms with van der Waals surface area (Å²) in [5.74, 6) is -0.787. The maximum Gasteiger partial charge on any atom is 0.311 e. The van der Waals surface area contributed by atoms with Gasteiger partial charge < -0.3 is 4.74 Å². The second-order valence-corrected chi connectivity index (χ2v) is 4.53. The fourth-order valence-corrected chi connectivity index (χ4v) is 1.97. The third-order valence-corrected chi connectivity index (χ3v) is 3.00. The van der Waals surface area contributed by atoms with Crippen molar-refractivity contribution in [1.82, 2.24) is 9.97 Å². The SMILES string of the molecule is CCCc1c(Cl)ncnc1Oc1cc(F)ccc1[N+](=O)[O-]. The van der Waals surface area contributed by atoms with E-state index in [1.54, 1.807) is 0 Å². The Kier molecular flexibility index (Phi) is 4.64. The van der Waals surface area contributed by atoms with Crippen LogP contribution in [0, 0.1) is 15.9 Å². The van der Waals surface area contributed by atoms with Gasteiger partial charge in [0.25, 0.3) is 0 Å². The van der Waals surface area contributed by atoms with Gasteiger partial charge in [-0.05, 0) is 12.5 Å². The number of benzene rings is 1. The number of nitro groups is 1. The van der Waals surface area contributed by atoms with Gasteiger partial charge in [-0.25, -0.2) is 14.4 Å². The van der Waals surface area contributed by atoms with Crippen molar-refractivity contribution < 1.29 is 14.1 Å². The number of ether oxygens (including phenoxy) is 1. The van der Waals surface area contributed by atoms with Crippen LogP contribution in [0.2, 0.25) is 5.15 Å². The Balaban J connectivity index is 2.45. The normalized spacial score (nSPS) is 10.4. The first-order chi connectivity index (χ1) is 10.0. The molecule has 1 heterocycles. The Bertz CT molecular complexity index is 682. The monoisotopic (exact) mass is 311 g/mol. The number of hydrogen-bond donors (Lipinski definition) is 0. The molecule has 0 saturated carbocycles. The summed E-state index contributed by atoms with van der Waals surface area (Å²) < 4.78 is 18.7. The molecule has 110 valence electrons. The highest BCUT2D eigenvalue weighted by Gasteiger charge is 2.19. The topological polar surface area (TPSA) is 78.2 Å². The van der Waals surface area contributed by atoms with Gasteiger partial charge in [0.05, 0.1) is 10.5 Å². The lowest BCUT2D eigenvalue weighted by Gasteiger charge is -2.10. The van der Waals surface area contributed by atoms with E-state index in [1.807, 2.05) is 6.92 Å². The van der Waals surface area contributed by atoms with E-state index >= 15 is 0 Å². The Morgan fingerprint density at radius 2 is 2.19 bits per heavy atom. The minimum atomic E-state index is -0.656.